The molecule has 17 heavy (non-hydrogen) atoms. The van der Waals surface area contributed by atoms with Crippen LogP contribution < -0.4 is 5.32 Å². The minimum atomic E-state index is 0.447. The number of methoxy groups -OCH3 is 1. The van der Waals surface area contributed by atoms with E-state index < -0.39 is 0 Å². The molecule has 1 fully saturated rings. The number of nitrogens with zero attached hydrogens (tertiary/aromatic N) is 1. The van der Waals surface area contributed by atoms with Gasteiger partial charge in [-0.3, -0.25) is 4.90 Å². The van der Waals surface area contributed by atoms with E-state index in [1.165, 1.54) is 22.3 Å². The second kappa shape index (κ2) is 6.85. The average Bonchev–Trinajstić information content (AvgIpc) is 2.93. The normalized spacial score (nSPS) is 21.2. The van der Waals surface area contributed by atoms with Gasteiger partial charge < -0.3 is 10.1 Å². The Morgan fingerprint density at radius 2 is 2.53 bits per heavy atom. The monoisotopic (exact) mass is 318 g/mol. The first kappa shape index (κ1) is 13.5. The summed E-state index contributed by atoms with van der Waals surface area (Å²) in [5.41, 5.74) is 0. The zero-order valence-electron chi connectivity index (χ0n) is 10.1. The van der Waals surface area contributed by atoms with E-state index in [9.17, 15) is 0 Å². The topological polar surface area (TPSA) is 24.5 Å². The van der Waals surface area contributed by atoms with Gasteiger partial charge in [0.05, 0.1) is 6.10 Å². The molecule has 0 bridgehead atoms. The zero-order chi connectivity index (χ0) is 12.1. The molecule has 1 N–H and O–H groups in total. The molecule has 1 aliphatic heterocycles. The number of thiophene rings is 1. The summed E-state index contributed by atoms with van der Waals surface area (Å²) in [6.07, 6.45) is 1.62. The smallest absolute Gasteiger partial charge is 0.0710 e. The molecule has 1 saturated heterocycles. The highest BCUT2D eigenvalue weighted by Gasteiger charge is 2.20. The lowest BCUT2D eigenvalue weighted by Crippen LogP contribution is -2.31. The quantitative estimate of drug-likeness (QED) is 0.815. The van der Waals surface area contributed by atoms with Crippen LogP contribution in [-0.4, -0.2) is 44.3 Å². The second-order valence-corrected chi connectivity index (χ2v) is 6.27. The lowest BCUT2D eigenvalue weighted by atomic mass is 10.3. The molecule has 0 aliphatic carbocycles. The number of halogens is 1. The van der Waals surface area contributed by atoms with Gasteiger partial charge in [-0.2, -0.15) is 0 Å². The summed E-state index contributed by atoms with van der Waals surface area (Å²) in [5.74, 6) is 0. The minimum absolute atomic E-state index is 0.447. The first-order valence-electron chi connectivity index (χ1n) is 5.96. The molecule has 1 aromatic rings. The molecule has 0 aromatic carbocycles. The fraction of sp³-hybridized carbons (Fsp3) is 0.667. The van der Waals surface area contributed by atoms with Crippen LogP contribution in [0.3, 0.4) is 0 Å². The third kappa shape index (κ3) is 4.34. The number of rotatable bonds is 6. The van der Waals surface area contributed by atoms with Crippen LogP contribution in [0.15, 0.2) is 15.9 Å². The van der Waals surface area contributed by atoms with Crippen molar-refractivity contribution in [3.8, 4) is 0 Å². The van der Waals surface area contributed by atoms with Crippen LogP contribution in [0.4, 0.5) is 0 Å². The molecule has 5 heteroatoms. The molecule has 1 aromatic heterocycles. The first-order valence-corrected chi connectivity index (χ1v) is 7.64. The average molecular weight is 319 g/mol. The van der Waals surface area contributed by atoms with Crippen molar-refractivity contribution in [2.24, 2.45) is 0 Å². The van der Waals surface area contributed by atoms with Gasteiger partial charge in [0.15, 0.2) is 0 Å². The lowest BCUT2D eigenvalue weighted by Gasteiger charge is -2.15. The molecule has 1 unspecified atom stereocenters. The van der Waals surface area contributed by atoms with Gasteiger partial charge in [-0.25, -0.2) is 0 Å². The largest absolute Gasteiger partial charge is 0.380 e. The van der Waals surface area contributed by atoms with E-state index in [1.54, 1.807) is 18.4 Å². The summed E-state index contributed by atoms with van der Waals surface area (Å²) < 4.78 is 6.54. The van der Waals surface area contributed by atoms with Crippen LogP contribution in [-0.2, 0) is 11.3 Å². The van der Waals surface area contributed by atoms with Crippen LogP contribution in [0, 0.1) is 0 Å². The van der Waals surface area contributed by atoms with Crippen molar-refractivity contribution in [3.63, 3.8) is 0 Å². The van der Waals surface area contributed by atoms with Crippen molar-refractivity contribution < 1.29 is 4.74 Å². The summed E-state index contributed by atoms with van der Waals surface area (Å²) in [4.78, 5) is 3.85. The molecule has 0 amide bonds. The Kier molecular flexibility index (Phi) is 5.44. The SMILES string of the molecule is COC1CCN(CCNCc2cc(Br)cs2)C1. The van der Waals surface area contributed by atoms with Gasteiger partial charge in [0.25, 0.3) is 0 Å². The van der Waals surface area contributed by atoms with Crippen molar-refractivity contribution in [2.75, 3.05) is 33.3 Å². The Hall–Kier alpha value is 0.0600. The second-order valence-electron chi connectivity index (χ2n) is 4.36. The predicted octanol–water partition coefficient (Wildman–Crippen LogP) is 2.32. The molecule has 0 saturated carbocycles. The molecule has 0 radical (unpaired) electrons. The highest BCUT2D eigenvalue weighted by molar-refractivity contribution is 9.10. The molecule has 0 spiro atoms. The van der Waals surface area contributed by atoms with E-state index in [0.717, 1.165) is 26.2 Å². The third-order valence-electron chi connectivity index (χ3n) is 3.09. The summed E-state index contributed by atoms with van der Waals surface area (Å²) in [7, 11) is 1.81. The summed E-state index contributed by atoms with van der Waals surface area (Å²) in [6.45, 7) is 5.39. The van der Waals surface area contributed by atoms with E-state index >= 15 is 0 Å². The number of hydrogen-bond acceptors (Lipinski definition) is 4. The van der Waals surface area contributed by atoms with Crippen LogP contribution in [0.2, 0.25) is 0 Å². The predicted molar refractivity (Wildman–Crippen MR) is 75.6 cm³/mol. The third-order valence-corrected chi connectivity index (χ3v) is 4.79. The maximum atomic E-state index is 5.35. The number of hydrogen-bond donors (Lipinski definition) is 1. The molecule has 1 aliphatic rings. The van der Waals surface area contributed by atoms with Crippen molar-refractivity contribution >= 4 is 27.3 Å². The van der Waals surface area contributed by atoms with Crippen LogP contribution in [0.5, 0.6) is 0 Å². The summed E-state index contributed by atoms with van der Waals surface area (Å²) in [5, 5.41) is 5.61. The van der Waals surface area contributed by atoms with Gasteiger partial charge in [0.1, 0.15) is 0 Å². The van der Waals surface area contributed by atoms with Gasteiger partial charge in [-0.15, -0.1) is 11.3 Å². The van der Waals surface area contributed by atoms with Gasteiger partial charge in [0, 0.05) is 54.6 Å². The van der Waals surface area contributed by atoms with E-state index in [1.807, 2.05) is 0 Å². The highest BCUT2D eigenvalue weighted by atomic mass is 79.9. The highest BCUT2D eigenvalue weighted by Crippen LogP contribution is 2.19. The first-order chi connectivity index (χ1) is 8.28. The van der Waals surface area contributed by atoms with Crippen molar-refractivity contribution in [1.29, 1.82) is 0 Å². The van der Waals surface area contributed by atoms with Crippen molar-refractivity contribution in [1.82, 2.24) is 10.2 Å². The van der Waals surface area contributed by atoms with Gasteiger partial charge in [-0.05, 0) is 28.4 Å². The van der Waals surface area contributed by atoms with Gasteiger partial charge in [0.2, 0.25) is 0 Å². The van der Waals surface area contributed by atoms with Gasteiger partial charge in [-0.1, -0.05) is 0 Å². The van der Waals surface area contributed by atoms with E-state index in [2.05, 4.69) is 37.6 Å². The van der Waals surface area contributed by atoms with Crippen LogP contribution in [0.25, 0.3) is 0 Å². The molecule has 96 valence electrons. The van der Waals surface area contributed by atoms with Crippen LogP contribution in [0.1, 0.15) is 11.3 Å². The molecular formula is C12H19BrN2OS. The summed E-state index contributed by atoms with van der Waals surface area (Å²) >= 11 is 5.26. The van der Waals surface area contributed by atoms with E-state index in [-0.39, 0.29) is 0 Å². The summed E-state index contributed by atoms with van der Waals surface area (Å²) in [6, 6.07) is 2.18. The van der Waals surface area contributed by atoms with Crippen molar-refractivity contribution in [3.05, 3.63) is 20.8 Å². The number of likely N-dealkylation sites (tertiary alicyclic amines) is 1. The minimum Gasteiger partial charge on any atom is -0.380 e. The zero-order valence-corrected chi connectivity index (χ0v) is 12.5. The standard InChI is InChI=1S/C12H19BrN2OS/c1-16-11-2-4-15(8-11)5-3-14-7-12-6-10(13)9-17-12/h6,9,11,14H,2-5,7-8H2,1H3. The Morgan fingerprint density at radius 1 is 1.65 bits per heavy atom. The fourth-order valence-corrected chi connectivity index (χ4v) is 3.51. The molecule has 3 nitrogen and oxygen atoms in total. The Balaban J connectivity index is 1.57. The Bertz CT molecular complexity index is 345. The maximum absolute atomic E-state index is 5.35. The van der Waals surface area contributed by atoms with Gasteiger partial charge >= 0.3 is 0 Å². The maximum Gasteiger partial charge on any atom is 0.0710 e. The Labute approximate surface area is 115 Å². The lowest BCUT2D eigenvalue weighted by molar-refractivity contribution is 0.108. The molecule has 2 rings (SSSR count). The molecular weight excluding hydrogens is 300 g/mol. The van der Waals surface area contributed by atoms with Crippen LogP contribution >= 0.6 is 27.3 Å². The molecule has 2 heterocycles. The Morgan fingerprint density at radius 3 is 3.18 bits per heavy atom. The molecule has 1 atom stereocenters. The van der Waals surface area contributed by atoms with E-state index in [4.69, 9.17) is 4.74 Å². The fourth-order valence-electron chi connectivity index (χ4n) is 2.09. The number of ether oxygens (including phenoxy) is 1. The van der Waals surface area contributed by atoms with Crippen molar-refractivity contribution in [2.45, 2.75) is 19.1 Å². The number of nitrogens with one attached hydrogen (secondary N) is 1. The van der Waals surface area contributed by atoms with E-state index in [0.29, 0.717) is 6.10 Å².